The summed E-state index contributed by atoms with van der Waals surface area (Å²) >= 11 is 0.981. The molecule has 0 aliphatic heterocycles. The molecule has 0 unspecified atom stereocenters. The maximum absolute atomic E-state index is 11.9. The zero-order valence-electron chi connectivity index (χ0n) is 9.89. The Labute approximate surface area is 105 Å². The molecule has 0 aliphatic carbocycles. The molecule has 1 aromatic rings. The molecule has 1 heterocycles. The van der Waals surface area contributed by atoms with Crippen LogP contribution in [-0.2, 0) is 14.8 Å². The van der Waals surface area contributed by atoms with E-state index in [-0.39, 0.29) is 9.34 Å². The number of thiazole rings is 1. The van der Waals surface area contributed by atoms with E-state index in [1.807, 2.05) is 0 Å². The van der Waals surface area contributed by atoms with Gasteiger partial charge in [0.15, 0.2) is 9.34 Å². The van der Waals surface area contributed by atoms with E-state index in [0.29, 0.717) is 18.8 Å². The summed E-state index contributed by atoms with van der Waals surface area (Å²) in [4.78, 5) is 3.89. The number of unbranched alkanes of at least 4 members (excludes halogenated alkanes) is 1. The minimum Gasteiger partial charge on any atom is -0.385 e. The molecule has 0 saturated carbocycles. The fourth-order valence-electron chi connectivity index (χ4n) is 1.30. The Bertz CT molecular complexity index is 456. The van der Waals surface area contributed by atoms with Gasteiger partial charge in [-0.25, -0.2) is 18.1 Å². The summed E-state index contributed by atoms with van der Waals surface area (Å²) < 4.78 is 31.3. The lowest BCUT2D eigenvalue weighted by molar-refractivity contribution is 0.193. The lowest BCUT2D eigenvalue weighted by Crippen LogP contribution is -2.24. The first-order chi connectivity index (χ1) is 7.97. The van der Waals surface area contributed by atoms with Crippen molar-refractivity contribution < 1.29 is 13.2 Å². The molecule has 0 aliphatic rings. The molecule has 0 fully saturated rings. The van der Waals surface area contributed by atoms with Crippen LogP contribution in [-0.4, -0.2) is 33.7 Å². The zero-order chi connectivity index (χ0) is 12.9. The normalized spacial score (nSPS) is 11.9. The Morgan fingerprint density at radius 2 is 2.18 bits per heavy atom. The second kappa shape index (κ2) is 6.29. The minimum atomic E-state index is -3.47. The monoisotopic (exact) mass is 279 g/mol. The molecule has 0 amide bonds. The first-order valence-electron chi connectivity index (χ1n) is 5.19. The van der Waals surface area contributed by atoms with E-state index in [4.69, 9.17) is 10.5 Å². The highest BCUT2D eigenvalue weighted by Gasteiger charge is 2.20. The van der Waals surface area contributed by atoms with E-state index in [1.165, 1.54) is 0 Å². The Balaban J connectivity index is 2.54. The second-order valence-corrected chi connectivity index (χ2v) is 6.52. The van der Waals surface area contributed by atoms with E-state index in [9.17, 15) is 8.42 Å². The molecule has 0 atom stereocenters. The van der Waals surface area contributed by atoms with Gasteiger partial charge in [-0.05, 0) is 19.8 Å². The lowest BCUT2D eigenvalue weighted by Gasteiger charge is -2.04. The molecule has 17 heavy (non-hydrogen) atoms. The Morgan fingerprint density at radius 1 is 1.47 bits per heavy atom. The molecular formula is C9H17N3O3S2. The van der Waals surface area contributed by atoms with Crippen LogP contribution in [0.1, 0.15) is 18.5 Å². The molecule has 6 nitrogen and oxygen atoms in total. The van der Waals surface area contributed by atoms with Gasteiger partial charge in [-0.15, -0.1) is 0 Å². The number of hydrogen-bond acceptors (Lipinski definition) is 6. The van der Waals surface area contributed by atoms with Gasteiger partial charge in [0.25, 0.3) is 10.0 Å². The van der Waals surface area contributed by atoms with Crippen molar-refractivity contribution in [2.45, 2.75) is 24.0 Å². The van der Waals surface area contributed by atoms with Crippen molar-refractivity contribution in [3.63, 3.8) is 0 Å². The smallest absolute Gasteiger partial charge is 0.252 e. The third-order valence-electron chi connectivity index (χ3n) is 2.08. The lowest BCUT2D eigenvalue weighted by atomic mass is 10.3. The van der Waals surface area contributed by atoms with Crippen molar-refractivity contribution in [2.75, 3.05) is 26.0 Å². The molecule has 0 aromatic carbocycles. The van der Waals surface area contributed by atoms with Crippen molar-refractivity contribution in [2.24, 2.45) is 0 Å². The van der Waals surface area contributed by atoms with Crippen LogP contribution in [0.2, 0.25) is 0 Å². The number of ether oxygens (including phenoxy) is 1. The van der Waals surface area contributed by atoms with E-state index in [2.05, 4.69) is 9.71 Å². The molecule has 1 rings (SSSR count). The number of nitrogens with one attached hydrogen (secondary N) is 1. The van der Waals surface area contributed by atoms with Gasteiger partial charge in [-0.2, -0.15) is 0 Å². The first-order valence-corrected chi connectivity index (χ1v) is 7.49. The van der Waals surface area contributed by atoms with Crippen LogP contribution in [0.3, 0.4) is 0 Å². The SMILES string of the molecule is COCCCCNS(=O)(=O)c1sc(N)nc1C. The summed E-state index contributed by atoms with van der Waals surface area (Å²) in [5.41, 5.74) is 5.91. The fourth-order valence-corrected chi connectivity index (χ4v) is 3.71. The van der Waals surface area contributed by atoms with Gasteiger partial charge in [-0.1, -0.05) is 11.3 Å². The van der Waals surface area contributed by atoms with E-state index < -0.39 is 10.0 Å². The third kappa shape index (κ3) is 4.23. The van der Waals surface area contributed by atoms with Crippen LogP contribution in [0, 0.1) is 6.92 Å². The predicted molar refractivity (Wildman–Crippen MR) is 67.6 cm³/mol. The quantitative estimate of drug-likeness (QED) is 0.718. The van der Waals surface area contributed by atoms with Gasteiger partial charge in [0.05, 0.1) is 5.69 Å². The number of sulfonamides is 1. The number of methoxy groups -OCH3 is 1. The van der Waals surface area contributed by atoms with Gasteiger partial charge in [-0.3, -0.25) is 0 Å². The van der Waals surface area contributed by atoms with E-state index in [0.717, 1.165) is 24.2 Å². The van der Waals surface area contributed by atoms with Crippen LogP contribution in [0.25, 0.3) is 0 Å². The first kappa shape index (κ1) is 14.4. The molecule has 3 N–H and O–H groups in total. The van der Waals surface area contributed by atoms with Crippen molar-refractivity contribution in [3.8, 4) is 0 Å². The summed E-state index contributed by atoms with van der Waals surface area (Å²) in [5, 5.41) is 0.266. The summed E-state index contributed by atoms with van der Waals surface area (Å²) in [6.07, 6.45) is 1.56. The number of nitrogens with zero attached hydrogens (tertiary/aromatic N) is 1. The standard InChI is InChI=1S/C9H17N3O3S2/c1-7-8(16-9(10)12-7)17(13,14)11-5-3-4-6-15-2/h11H,3-6H2,1-2H3,(H2,10,12). The van der Waals surface area contributed by atoms with Crippen LogP contribution < -0.4 is 10.5 Å². The average Bonchev–Trinajstić information content (AvgIpc) is 2.58. The zero-order valence-corrected chi connectivity index (χ0v) is 11.5. The van der Waals surface area contributed by atoms with Crippen LogP contribution >= 0.6 is 11.3 Å². The van der Waals surface area contributed by atoms with Gasteiger partial charge >= 0.3 is 0 Å². The van der Waals surface area contributed by atoms with Gasteiger partial charge < -0.3 is 10.5 Å². The Hall–Kier alpha value is -0.700. The number of hydrogen-bond donors (Lipinski definition) is 2. The third-order valence-corrected chi connectivity index (χ3v) is 5.14. The summed E-state index contributed by atoms with van der Waals surface area (Å²) in [5.74, 6) is 0. The highest BCUT2D eigenvalue weighted by Crippen LogP contribution is 2.24. The summed E-state index contributed by atoms with van der Waals surface area (Å²) in [7, 11) is -1.85. The average molecular weight is 279 g/mol. The molecule has 0 radical (unpaired) electrons. The number of nitrogen functional groups attached to an aromatic ring is 1. The summed E-state index contributed by atoms with van der Waals surface area (Å²) in [6, 6.07) is 0. The Morgan fingerprint density at radius 3 is 2.71 bits per heavy atom. The van der Waals surface area contributed by atoms with Crippen LogP contribution in [0.4, 0.5) is 5.13 Å². The summed E-state index contributed by atoms with van der Waals surface area (Å²) in [6.45, 7) is 2.66. The van der Waals surface area contributed by atoms with E-state index >= 15 is 0 Å². The fraction of sp³-hybridized carbons (Fsp3) is 0.667. The predicted octanol–water partition coefficient (Wildman–Crippen LogP) is 0.739. The molecule has 1 aromatic heterocycles. The maximum Gasteiger partial charge on any atom is 0.252 e. The number of aromatic nitrogens is 1. The number of aryl methyl sites for hydroxylation is 1. The molecule has 8 heteroatoms. The van der Waals surface area contributed by atoms with Crippen molar-refractivity contribution >= 4 is 26.5 Å². The highest BCUT2D eigenvalue weighted by molar-refractivity contribution is 7.91. The second-order valence-electron chi connectivity index (χ2n) is 3.52. The molecule has 0 spiro atoms. The molecular weight excluding hydrogens is 262 g/mol. The van der Waals surface area contributed by atoms with Crippen LogP contribution in [0.5, 0.6) is 0 Å². The number of nitrogens with two attached hydrogens (primary N) is 1. The van der Waals surface area contributed by atoms with E-state index in [1.54, 1.807) is 14.0 Å². The van der Waals surface area contributed by atoms with Crippen LogP contribution in [0.15, 0.2) is 4.21 Å². The molecule has 0 saturated heterocycles. The van der Waals surface area contributed by atoms with Gasteiger partial charge in [0.1, 0.15) is 0 Å². The number of anilines is 1. The van der Waals surface area contributed by atoms with Crippen molar-refractivity contribution in [1.82, 2.24) is 9.71 Å². The highest BCUT2D eigenvalue weighted by atomic mass is 32.2. The molecule has 98 valence electrons. The van der Waals surface area contributed by atoms with Crippen molar-refractivity contribution in [3.05, 3.63) is 5.69 Å². The van der Waals surface area contributed by atoms with Gasteiger partial charge in [0.2, 0.25) is 0 Å². The number of rotatable bonds is 7. The maximum atomic E-state index is 11.9. The minimum absolute atomic E-state index is 0.196. The Kier molecular flexibility index (Phi) is 5.31. The van der Waals surface area contributed by atoms with Gasteiger partial charge in [0, 0.05) is 20.3 Å². The van der Waals surface area contributed by atoms with Crippen molar-refractivity contribution in [1.29, 1.82) is 0 Å². The molecule has 0 bridgehead atoms. The topological polar surface area (TPSA) is 94.3 Å². The largest absolute Gasteiger partial charge is 0.385 e.